The number of urea groups is 1. The SMILES string of the molecule is O=C(NCCc1nc(C(=O)O)cs1)NCCN1CCCC1. The number of likely N-dealkylation sites (tertiary alicyclic amines) is 1. The van der Waals surface area contributed by atoms with Crippen LogP contribution in [-0.2, 0) is 6.42 Å². The fourth-order valence-electron chi connectivity index (χ4n) is 2.20. The summed E-state index contributed by atoms with van der Waals surface area (Å²) in [6.07, 6.45) is 3.04. The molecule has 2 rings (SSSR count). The van der Waals surface area contributed by atoms with Gasteiger partial charge in [0.1, 0.15) is 0 Å². The first-order valence-corrected chi connectivity index (χ1v) is 7.95. The molecule has 0 atom stereocenters. The molecule has 2 amide bonds. The Balaban J connectivity index is 1.56. The van der Waals surface area contributed by atoms with Crippen LogP contribution in [0.25, 0.3) is 0 Å². The van der Waals surface area contributed by atoms with Crippen molar-refractivity contribution in [2.45, 2.75) is 19.3 Å². The van der Waals surface area contributed by atoms with Crippen LogP contribution in [0.3, 0.4) is 0 Å². The van der Waals surface area contributed by atoms with E-state index in [0.717, 1.165) is 19.6 Å². The number of carboxylic acids is 1. The molecule has 0 bridgehead atoms. The predicted molar refractivity (Wildman–Crippen MR) is 79.9 cm³/mol. The Labute approximate surface area is 127 Å². The van der Waals surface area contributed by atoms with Gasteiger partial charge in [0.15, 0.2) is 5.69 Å². The van der Waals surface area contributed by atoms with Crippen molar-refractivity contribution in [3.63, 3.8) is 0 Å². The van der Waals surface area contributed by atoms with Crippen LogP contribution in [0.4, 0.5) is 4.79 Å². The van der Waals surface area contributed by atoms with Crippen LogP contribution in [0, 0.1) is 0 Å². The lowest BCUT2D eigenvalue weighted by atomic mass is 10.4. The van der Waals surface area contributed by atoms with Crippen LogP contribution in [0.15, 0.2) is 5.38 Å². The maximum Gasteiger partial charge on any atom is 0.355 e. The van der Waals surface area contributed by atoms with E-state index in [1.165, 1.54) is 29.6 Å². The van der Waals surface area contributed by atoms with Gasteiger partial charge in [0.05, 0.1) is 5.01 Å². The summed E-state index contributed by atoms with van der Waals surface area (Å²) >= 11 is 1.29. The molecule has 0 saturated carbocycles. The van der Waals surface area contributed by atoms with E-state index in [9.17, 15) is 9.59 Å². The lowest BCUT2D eigenvalue weighted by Gasteiger charge is -2.14. The zero-order valence-electron chi connectivity index (χ0n) is 11.8. The first-order chi connectivity index (χ1) is 10.1. The number of amides is 2. The fourth-order valence-corrected chi connectivity index (χ4v) is 2.98. The smallest absolute Gasteiger partial charge is 0.355 e. The first kappa shape index (κ1) is 15.7. The Morgan fingerprint density at radius 1 is 1.29 bits per heavy atom. The monoisotopic (exact) mass is 312 g/mol. The van der Waals surface area contributed by atoms with E-state index >= 15 is 0 Å². The summed E-state index contributed by atoms with van der Waals surface area (Å²) in [5, 5.41) is 16.5. The molecular formula is C13H20N4O3S. The highest BCUT2D eigenvalue weighted by Gasteiger charge is 2.11. The van der Waals surface area contributed by atoms with Gasteiger partial charge in [-0.25, -0.2) is 14.6 Å². The number of nitrogens with one attached hydrogen (secondary N) is 2. The minimum atomic E-state index is -1.02. The van der Waals surface area contributed by atoms with E-state index < -0.39 is 5.97 Å². The van der Waals surface area contributed by atoms with Crippen molar-refractivity contribution < 1.29 is 14.7 Å². The highest BCUT2D eigenvalue weighted by atomic mass is 32.1. The number of carbonyl (C=O) groups excluding carboxylic acids is 1. The number of rotatable bonds is 7. The molecule has 3 N–H and O–H groups in total. The second-order valence-electron chi connectivity index (χ2n) is 4.91. The van der Waals surface area contributed by atoms with E-state index in [-0.39, 0.29) is 11.7 Å². The molecule has 1 aromatic rings. The average molecular weight is 312 g/mol. The topological polar surface area (TPSA) is 94.6 Å². The van der Waals surface area contributed by atoms with Gasteiger partial charge in [-0.15, -0.1) is 11.3 Å². The summed E-state index contributed by atoms with van der Waals surface area (Å²) in [7, 11) is 0. The molecule has 1 aliphatic rings. The second kappa shape index (κ2) is 7.94. The molecule has 0 spiro atoms. The Morgan fingerprint density at radius 2 is 2.00 bits per heavy atom. The molecule has 0 aliphatic carbocycles. The molecule has 1 fully saturated rings. The Kier molecular flexibility index (Phi) is 5.94. The average Bonchev–Trinajstić information content (AvgIpc) is 3.09. The second-order valence-corrected chi connectivity index (χ2v) is 5.86. The highest BCUT2D eigenvalue weighted by molar-refractivity contribution is 7.09. The fraction of sp³-hybridized carbons (Fsp3) is 0.615. The molecule has 2 heterocycles. The van der Waals surface area contributed by atoms with E-state index in [1.54, 1.807) is 0 Å². The minimum absolute atomic E-state index is 0.0602. The van der Waals surface area contributed by atoms with Crippen LogP contribution < -0.4 is 10.6 Å². The van der Waals surface area contributed by atoms with Crippen molar-refractivity contribution in [2.24, 2.45) is 0 Å². The van der Waals surface area contributed by atoms with Gasteiger partial charge >= 0.3 is 12.0 Å². The van der Waals surface area contributed by atoms with E-state index in [1.807, 2.05) is 0 Å². The minimum Gasteiger partial charge on any atom is -0.476 e. The number of carboxylic acid groups (broad SMARTS) is 1. The Hall–Kier alpha value is -1.67. The molecule has 21 heavy (non-hydrogen) atoms. The summed E-state index contributed by atoms with van der Waals surface area (Å²) in [4.78, 5) is 28.6. The number of carbonyl (C=O) groups is 2. The van der Waals surface area contributed by atoms with Gasteiger partial charge in [-0.2, -0.15) is 0 Å². The quantitative estimate of drug-likeness (QED) is 0.691. The number of thiazole rings is 1. The number of aromatic nitrogens is 1. The van der Waals surface area contributed by atoms with Crippen LogP contribution in [0.2, 0.25) is 0 Å². The van der Waals surface area contributed by atoms with Gasteiger partial charge in [-0.05, 0) is 25.9 Å². The van der Waals surface area contributed by atoms with E-state index in [4.69, 9.17) is 5.11 Å². The molecule has 116 valence electrons. The summed E-state index contributed by atoms with van der Waals surface area (Å²) in [6, 6.07) is -0.191. The summed E-state index contributed by atoms with van der Waals surface area (Å²) in [5.41, 5.74) is 0.0602. The van der Waals surface area contributed by atoms with Gasteiger partial charge < -0.3 is 20.6 Å². The van der Waals surface area contributed by atoms with Gasteiger partial charge in [0, 0.05) is 31.4 Å². The molecule has 8 heteroatoms. The third-order valence-electron chi connectivity index (χ3n) is 3.31. The molecule has 1 saturated heterocycles. The first-order valence-electron chi connectivity index (χ1n) is 7.07. The zero-order valence-corrected chi connectivity index (χ0v) is 12.6. The maximum atomic E-state index is 11.6. The Bertz CT molecular complexity index is 486. The number of nitrogens with zero attached hydrogens (tertiary/aromatic N) is 2. The van der Waals surface area contributed by atoms with Gasteiger partial charge in [0.2, 0.25) is 0 Å². The molecule has 7 nitrogen and oxygen atoms in total. The summed E-state index contributed by atoms with van der Waals surface area (Å²) in [5.74, 6) is -1.02. The van der Waals surface area contributed by atoms with Crippen molar-refractivity contribution >= 4 is 23.3 Å². The highest BCUT2D eigenvalue weighted by Crippen LogP contribution is 2.09. The third-order valence-corrected chi connectivity index (χ3v) is 4.22. The van der Waals surface area contributed by atoms with Crippen molar-refractivity contribution in [1.29, 1.82) is 0 Å². The number of hydrogen-bond acceptors (Lipinski definition) is 5. The maximum absolute atomic E-state index is 11.6. The molecular weight excluding hydrogens is 292 g/mol. The van der Waals surface area contributed by atoms with Gasteiger partial charge in [-0.1, -0.05) is 0 Å². The van der Waals surface area contributed by atoms with Crippen LogP contribution in [0.1, 0.15) is 28.3 Å². The molecule has 0 unspecified atom stereocenters. The van der Waals surface area contributed by atoms with Gasteiger partial charge in [-0.3, -0.25) is 0 Å². The van der Waals surface area contributed by atoms with Crippen molar-refractivity contribution in [3.05, 3.63) is 16.1 Å². The zero-order chi connectivity index (χ0) is 15.1. The van der Waals surface area contributed by atoms with Crippen LogP contribution >= 0.6 is 11.3 Å². The van der Waals surface area contributed by atoms with Gasteiger partial charge in [0.25, 0.3) is 0 Å². The van der Waals surface area contributed by atoms with Crippen molar-refractivity contribution in [2.75, 3.05) is 32.7 Å². The number of hydrogen-bond donors (Lipinski definition) is 3. The van der Waals surface area contributed by atoms with Crippen molar-refractivity contribution in [3.8, 4) is 0 Å². The normalized spacial score (nSPS) is 15.0. The van der Waals surface area contributed by atoms with Crippen LogP contribution in [0.5, 0.6) is 0 Å². The molecule has 1 aliphatic heterocycles. The molecule has 0 radical (unpaired) electrons. The van der Waals surface area contributed by atoms with E-state index in [2.05, 4.69) is 20.5 Å². The third kappa shape index (κ3) is 5.31. The lowest BCUT2D eigenvalue weighted by Crippen LogP contribution is -2.40. The van der Waals surface area contributed by atoms with Crippen LogP contribution in [-0.4, -0.2) is 59.7 Å². The Morgan fingerprint density at radius 3 is 2.67 bits per heavy atom. The standard InChI is InChI=1S/C13H20N4O3S/c18-12(19)10-9-21-11(16-10)3-4-14-13(20)15-5-8-17-6-1-2-7-17/h9H,1-8H2,(H,18,19)(H2,14,15,20). The molecule has 0 aromatic carbocycles. The predicted octanol–water partition coefficient (Wildman–Crippen LogP) is 0.779. The van der Waals surface area contributed by atoms with Crippen molar-refractivity contribution in [1.82, 2.24) is 20.5 Å². The summed E-state index contributed by atoms with van der Waals surface area (Å²) < 4.78 is 0. The largest absolute Gasteiger partial charge is 0.476 e. The number of aromatic carboxylic acids is 1. The summed E-state index contributed by atoms with van der Waals surface area (Å²) in [6.45, 7) is 4.23. The molecule has 1 aromatic heterocycles. The lowest BCUT2D eigenvalue weighted by molar-refractivity contribution is 0.0691. The van der Waals surface area contributed by atoms with E-state index in [0.29, 0.717) is 24.5 Å².